The third-order valence-corrected chi connectivity index (χ3v) is 2.21. The number of nitro groups is 1. The molecule has 0 N–H and O–H groups in total. The van der Waals surface area contributed by atoms with Crippen molar-refractivity contribution in [3.05, 3.63) is 57.9 Å². The lowest BCUT2D eigenvalue weighted by molar-refractivity contribution is -0.384. The fourth-order valence-electron chi connectivity index (χ4n) is 1.19. The Hall–Kier alpha value is -2.14. The summed E-state index contributed by atoms with van der Waals surface area (Å²) in [5.41, 5.74) is 0.0200. The van der Waals surface area contributed by atoms with Crippen molar-refractivity contribution in [1.82, 2.24) is 4.98 Å². The van der Waals surface area contributed by atoms with Crippen molar-refractivity contribution in [2.24, 2.45) is 0 Å². The molecule has 86 valence electrons. The van der Waals surface area contributed by atoms with Gasteiger partial charge in [-0.3, -0.25) is 10.1 Å². The van der Waals surface area contributed by atoms with Crippen LogP contribution in [0.2, 0.25) is 5.15 Å². The molecule has 2 aromatic rings. The first kappa shape index (κ1) is 11.3. The Labute approximate surface area is 102 Å². The molecular weight excluding hydrogens is 244 g/mol. The Kier molecular flexibility index (Phi) is 3.20. The monoisotopic (exact) mass is 250 g/mol. The molecule has 0 fully saturated rings. The zero-order valence-electron chi connectivity index (χ0n) is 8.54. The summed E-state index contributed by atoms with van der Waals surface area (Å²) in [6.07, 6.45) is 1.48. The molecule has 5 nitrogen and oxygen atoms in total. The Morgan fingerprint density at radius 1 is 1.12 bits per heavy atom. The molecule has 0 saturated heterocycles. The quantitative estimate of drug-likeness (QED) is 0.475. The van der Waals surface area contributed by atoms with Gasteiger partial charge in [-0.15, -0.1) is 0 Å². The molecule has 17 heavy (non-hydrogen) atoms. The van der Waals surface area contributed by atoms with Crippen LogP contribution >= 0.6 is 11.6 Å². The first-order valence-corrected chi connectivity index (χ1v) is 5.07. The number of benzene rings is 1. The molecule has 2 rings (SSSR count). The molecule has 1 heterocycles. The normalized spacial score (nSPS) is 9.94. The van der Waals surface area contributed by atoms with E-state index in [1.165, 1.54) is 30.5 Å². The van der Waals surface area contributed by atoms with Crippen molar-refractivity contribution in [2.45, 2.75) is 0 Å². The van der Waals surface area contributed by atoms with Gasteiger partial charge in [0.1, 0.15) is 16.7 Å². The molecule has 0 aliphatic carbocycles. The highest BCUT2D eigenvalue weighted by atomic mass is 35.5. The maximum absolute atomic E-state index is 10.4. The highest BCUT2D eigenvalue weighted by molar-refractivity contribution is 6.29. The van der Waals surface area contributed by atoms with Crippen molar-refractivity contribution >= 4 is 17.3 Å². The summed E-state index contributed by atoms with van der Waals surface area (Å²) in [5, 5.41) is 10.8. The number of halogens is 1. The van der Waals surface area contributed by atoms with Crippen LogP contribution in [0, 0.1) is 10.1 Å². The lowest BCUT2D eigenvalue weighted by Gasteiger charge is -2.04. The zero-order valence-corrected chi connectivity index (χ0v) is 9.29. The van der Waals surface area contributed by atoms with E-state index < -0.39 is 4.92 Å². The molecule has 0 aliphatic rings. The van der Waals surface area contributed by atoms with Gasteiger partial charge in [-0.05, 0) is 24.3 Å². The number of nitrogens with zero attached hydrogens (tertiary/aromatic N) is 2. The van der Waals surface area contributed by atoms with Crippen molar-refractivity contribution in [2.75, 3.05) is 0 Å². The summed E-state index contributed by atoms with van der Waals surface area (Å²) in [6.45, 7) is 0. The number of nitro benzene ring substituents is 1. The van der Waals surface area contributed by atoms with Crippen LogP contribution in [-0.2, 0) is 0 Å². The summed E-state index contributed by atoms with van der Waals surface area (Å²) in [5.74, 6) is 1.02. The maximum atomic E-state index is 10.4. The van der Waals surface area contributed by atoms with Crippen molar-refractivity contribution < 1.29 is 9.66 Å². The fraction of sp³-hybridized carbons (Fsp3) is 0. The largest absolute Gasteiger partial charge is 0.456 e. The summed E-state index contributed by atoms with van der Waals surface area (Å²) in [7, 11) is 0. The second-order valence-electron chi connectivity index (χ2n) is 3.17. The molecule has 0 atom stereocenters. The van der Waals surface area contributed by atoms with Gasteiger partial charge < -0.3 is 4.74 Å². The van der Waals surface area contributed by atoms with E-state index in [0.29, 0.717) is 16.7 Å². The molecule has 1 aromatic carbocycles. The molecular formula is C11H7ClN2O3. The molecule has 0 saturated carbocycles. The smallest absolute Gasteiger partial charge is 0.269 e. The van der Waals surface area contributed by atoms with E-state index in [0.717, 1.165) is 0 Å². The fourth-order valence-corrected chi connectivity index (χ4v) is 1.31. The summed E-state index contributed by atoms with van der Waals surface area (Å²) >= 11 is 5.63. The lowest BCUT2D eigenvalue weighted by atomic mass is 10.3. The molecule has 1 aromatic heterocycles. The Morgan fingerprint density at radius 3 is 2.29 bits per heavy atom. The third-order valence-electron chi connectivity index (χ3n) is 1.98. The molecule has 0 bridgehead atoms. The number of aromatic nitrogens is 1. The van der Waals surface area contributed by atoms with Gasteiger partial charge in [0.2, 0.25) is 0 Å². The number of ether oxygens (including phenoxy) is 1. The van der Waals surface area contributed by atoms with Crippen LogP contribution in [0.3, 0.4) is 0 Å². The Balaban J connectivity index is 2.13. The lowest BCUT2D eigenvalue weighted by Crippen LogP contribution is -1.88. The van der Waals surface area contributed by atoms with E-state index in [9.17, 15) is 10.1 Å². The number of rotatable bonds is 3. The van der Waals surface area contributed by atoms with Gasteiger partial charge in [-0.25, -0.2) is 4.98 Å². The van der Waals surface area contributed by atoms with Crippen LogP contribution in [-0.4, -0.2) is 9.91 Å². The molecule has 0 unspecified atom stereocenters. The van der Waals surface area contributed by atoms with E-state index in [4.69, 9.17) is 16.3 Å². The Morgan fingerprint density at radius 2 is 1.76 bits per heavy atom. The van der Waals surface area contributed by atoms with Gasteiger partial charge in [0.25, 0.3) is 5.69 Å². The SMILES string of the molecule is O=[N+]([O-])c1ccc(Oc2ccc(Cl)nc2)cc1. The minimum Gasteiger partial charge on any atom is -0.456 e. The van der Waals surface area contributed by atoms with Crippen LogP contribution in [0.5, 0.6) is 11.5 Å². The molecule has 0 amide bonds. The average molecular weight is 251 g/mol. The van der Waals surface area contributed by atoms with Gasteiger partial charge in [-0.1, -0.05) is 11.6 Å². The van der Waals surface area contributed by atoms with Crippen molar-refractivity contribution in [3.8, 4) is 11.5 Å². The summed E-state index contributed by atoms with van der Waals surface area (Å²) in [4.78, 5) is 13.8. The summed E-state index contributed by atoms with van der Waals surface area (Å²) in [6, 6.07) is 9.05. The number of pyridine rings is 1. The maximum Gasteiger partial charge on any atom is 0.269 e. The van der Waals surface area contributed by atoms with Crippen molar-refractivity contribution in [3.63, 3.8) is 0 Å². The van der Waals surface area contributed by atoms with E-state index in [2.05, 4.69) is 4.98 Å². The molecule has 0 spiro atoms. The van der Waals surface area contributed by atoms with Crippen LogP contribution in [0.25, 0.3) is 0 Å². The Bertz CT molecular complexity index is 525. The number of hydrogen-bond donors (Lipinski definition) is 0. The second-order valence-corrected chi connectivity index (χ2v) is 3.56. The summed E-state index contributed by atoms with van der Waals surface area (Å²) < 4.78 is 5.42. The predicted molar refractivity (Wildman–Crippen MR) is 62.4 cm³/mol. The van der Waals surface area contributed by atoms with Crippen molar-refractivity contribution in [1.29, 1.82) is 0 Å². The molecule has 6 heteroatoms. The van der Waals surface area contributed by atoms with E-state index >= 15 is 0 Å². The van der Waals surface area contributed by atoms with Gasteiger partial charge in [0.15, 0.2) is 0 Å². The highest BCUT2D eigenvalue weighted by Crippen LogP contribution is 2.23. The van der Waals surface area contributed by atoms with Gasteiger partial charge in [0.05, 0.1) is 11.1 Å². The van der Waals surface area contributed by atoms with Crippen LogP contribution in [0.15, 0.2) is 42.6 Å². The zero-order chi connectivity index (χ0) is 12.3. The van der Waals surface area contributed by atoms with Gasteiger partial charge >= 0.3 is 0 Å². The minimum atomic E-state index is -0.465. The second kappa shape index (κ2) is 4.80. The molecule has 0 radical (unpaired) electrons. The first-order valence-electron chi connectivity index (χ1n) is 4.69. The first-order chi connectivity index (χ1) is 8.15. The van der Waals surface area contributed by atoms with E-state index in [1.807, 2.05) is 0 Å². The number of non-ortho nitro benzene ring substituents is 1. The predicted octanol–water partition coefficient (Wildman–Crippen LogP) is 3.44. The standard InChI is InChI=1S/C11H7ClN2O3/c12-11-6-5-10(7-13-11)17-9-3-1-8(2-4-9)14(15)16/h1-7H. The highest BCUT2D eigenvalue weighted by Gasteiger charge is 2.05. The van der Waals surface area contributed by atoms with Crippen LogP contribution in [0.4, 0.5) is 5.69 Å². The average Bonchev–Trinajstić information content (AvgIpc) is 2.33. The van der Waals surface area contributed by atoms with E-state index in [-0.39, 0.29) is 5.69 Å². The van der Waals surface area contributed by atoms with E-state index in [1.54, 1.807) is 12.1 Å². The topological polar surface area (TPSA) is 65.3 Å². The van der Waals surface area contributed by atoms with Gasteiger partial charge in [0, 0.05) is 12.1 Å². The van der Waals surface area contributed by atoms with Crippen LogP contribution < -0.4 is 4.74 Å². The minimum absolute atomic E-state index is 0.0200. The van der Waals surface area contributed by atoms with Gasteiger partial charge in [-0.2, -0.15) is 0 Å². The molecule has 0 aliphatic heterocycles. The third kappa shape index (κ3) is 2.92. The number of hydrogen-bond acceptors (Lipinski definition) is 4. The van der Waals surface area contributed by atoms with Crippen LogP contribution in [0.1, 0.15) is 0 Å².